The number of aromatic nitrogens is 2. The normalized spacial score (nSPS) is 16.4. The topological polar surface area (TPSA) is 95.2 Å². The molecule has 180 valence electrons. The SMILES string of the molecule is NC(=O)C1c2ccccc2CC1OC(=O)c1ncc(-c2ccc(Cl)cc2)c(-c2ccc(Cl)cc2Cl)n1. The lowest BCUT2D eigenvalue weighted by atomic mass is 9.99. The van der Waals surface area contributed by atoms with Gasteiger partial charge >= 0.3 is 5.97 Å². The van der Waals surface area contributed by atoms with Crippen LogP contribution in [0.5, 0.6) is 0 Å². The monoisotopic (exact) mass is 537 g/mol. The molecule has 0 aliphatic heterocycles. The third-order valence-corrected chi connectivity index (χ3v) is 6.86. The molecule has 0 saturated heterocycles. The van der Waals surface area contributed by atoms with Gasteiger partial charge in [-0.2, -0.15) is 0 Å². The fourth-order valence-electron chi connectivity index (χ4n) is 4.40. The van der Waals surface area contributed by atoms with Crippen molar-refractivity contribution in [1.29, 1.82) is 0 Å². The van der Waals surface area contributed by atoms with Gasteiger partial charge in [0, 0.05) is 33.8 Å². The highest BCUT2D eigenvalue weighted by molar-refractivity contribution is 6.36. The summed E-state index contributed by atoms with van der Waals surface area (Å²) in [6.07, 6.45) is 1.14. The second-order valence-electron chi connectivity index (χ2n) is 8.31. The predicted octanol–water partition coefficient (Wildman–Crippen LogP) is 6.12. The summed E-state index contributed by atoms with van der Waals surface area (Å²) < 4.78 is 5.72. The van der Waals surface area contributed by atoms with Crippen LogP contribution in [0.3, 0.4) is 0 Å². The molecule has 1 aliphatic carbocycles. The number of benzene rings is 3. The molecule has 1 aliphatic rings. The van der Waals surface area contributed by atoms with Gasteiger partial charge in [0.05, 0.1) is 10.7 Å². The molecule has 0 bridgehead atoms. The summed E-state index contributed by atoms with van der Waals surface area (Å²) in [6, 6.07) is 19.5. The Hall–Kier alpha value is -3.45. The van der Waals surface area contributed by atoms with Crippen molar-refractivity contribution in [2.24, 2.45) is 5.73 Å². The standard InChI is InChI=1S/C27H18Cl3N3O3/c28-16-7-5-14(6-8-16)20-13-32-26(33-24(20)19-10-9-17(29)12-21(19)30)27(35)36-22-11-15-3-1-2-4-18(15)23(22)25(31)34/h1-10,12-13,22-23H,11H2,(H2,31,34). The van der Waals surface area contributed by atoms with E-state index in [0.29, 0.717) is 38.3 Å². The number of esters is 1. The van der Waals surface area contributed by atoms with Crippen LogP contribution in [0.4, 0.5) is 0 Å². The van der Waals surface area contributed by atoms with Gasteiger partial charge in [-0.1, -0.05) is 71.2 Å². The highest BCUT2D eigenvalue weighted by Gasteiger charge is 2.39. The zero-order valence-electron chi connectivity index (χ0n) is 18.6. The Bertz CT molecular complexity index is 1490. The molecule has 0 radical (unpaired) electrons. The van der Waals surface area contributed by atoms with Gasteiger partial charge in [0.2, 0.25) is 11.7 Å². The first kappa shape index (κ1) is 24.3. The van der Waals surface area contributed by atoms with Gasteiger partial charge in [-0.25, -0.2) is 14.8 Å². The Kier molecular flexibility index (Phi) is 6.67. The molecule has 5 rings (SSSR count). The summed E-state index contributed by atoms with van der Waals surface area (Å²) >= 11 is 18.6. The van der Waals surface area contributed by atoms with Crippen molar-refractivity contribution in [1.82, 2.24) is 9.97 Å². The average molecular weight is 539 g/mol. The number of primary amides is 1. The Balaban J connectivity index is 1.53. The number of nitrogens with two attached hydrogens (primary N) is 1. The average Bonchev–Trinajstić information content (AvgIpc) is 3.22. The molecule has 0 fully saturated rings. The van der Waals surface area contributed by atoms with Gasteiger partial charge < -0.3 is 10.5 Å². The molecule has 36 heavy (non-hydrogen) atoms. The molecule has 1 aromatic heterocycles. The Morgan fingerprint density at radius 3 is 2.36 bits per heavy atom. The van der Waals surface area contributed by atoms with Crippen LogP contribution >= 0.6 is 34.8 Å². The molecule has 0 saturated carbocycles. The van der Waals surface area contributed by atoms with E-state index in [1.807, 2.05) is 36.4 Å². The molecule has 2 unspecified atom stereocenters. The minimum Gasteiger partial charge on any atom is -0.455 e. The van der Waals surface area contributed by atoms with Crippen LogP contribution < -0.4 is 5.73 Å². The maximum Gasteiger partial charge on any atom is 0.376 e. The van der Waals surface area contributed by atoms with Crippen LogP contribution in [-0.4, -0.2) is 27.9 Å². The molecule has 1 heterocycles. The van der Waals surface area contributed by atoms with E-state index >= 15 is 0 Å². The Morgan fingerprint density at radius 1 is 0.917 bits per heavy atom. The quantitative estimate of drug-likeness (QED) is 0.309. The largest absolute Gasteiger partial charge is 0.455 e. The van der Waals surface area contributed by atoms with Gasteiger partial charge in [-0.15, -0.1) is 0 Å². The number of carbonyl (C=O) groups is 2. The van der Waals surface area contributed by atoms with Crippen molar-refractivity contribution in [3.05, 3.63) is 105 Å². The van der Waals surface area contributed by atoms with Crippen molar-refractivity contribution in [2.45, 2.75) is 18.4 Å². The second kappa shape index (κ2) is 9.90. The third-order valence-electron chi connectivity index (χ3n) is 6.06. The van der Waals surface area contributed by atoms with E-state index < -0.39 is 23.9 Å². The van der Waals surface area contributed by atoms with Crippen LogP contribution in [0, 0.1) is 0 Å². The van der Waals surface area contributed by atoms with Gasteiger partial charge in [0.25, 0.3) is 0 Å². The zero-order valence-corrected chi connectivity index (χ0v) is 20.9. The highest BCUT2D eigenvalue weighted by Crippen LogP contribution is 2.37. The van der Waals surface area contributed by atoms with E-state index in [1.165, 1.54) is 6.20 Å². The fraction of sp³-hybridized carbons (Fsp3) is 0.111. The van der Waals surface area contributed by atoms with Crippen LogP contribution in [0.25, 0.3) is 22.4 Å². The lowest BCUT2D eigenvalue weighted by molar-refractivity contribution is -0.121. The Morgan fingerprint density at radius 2 is 1.64 bits per heavy atom. The molecule has 9 heteroatoms. The first-order valence-electron chi connectivity index (χ1n) is 11.0. The summed E-state index contributed by atoms with van der Waals surface area (Å²) in [5.74, 6) is -2.25. The molecule has 3 aromatic carbocycles. The summed E-state index contributed by atoms with van der Waals surface area (Å²) in [4.78, 5) is 34.2. The molecule has 2 atom stereocenters. The first-order chi connectivity index (χ1) is 17.3. The maximum atomic E-state index is 13.2. The number of amides is 1. The van der Waals surface area contributed by atoms with E-state index in [1.54, 1.807) is 30.3 Å². The number of ether oxygens (including phenoxy) is 1. The zero-order chi connectivity index (χ0) is 25.4. The van der Waals surface area contributed by atoms with Crippen molar-refractivity contribution < 1.29 is 14.3 Å². The van der Waals surface area contributed by atoms with E-state index in [-0.39, 0.29) is 5.82 Å². The van der Waals surface area contributed by atoms with E-state index in [0.717, 1.165) is 16.7 Å². The van der Waals surface area contributed by atoms with Gasteiger partial charge in [-0.05, 0) is 47.0 Å². The van der Waals surface area contributed by atoms with Crippen LogP contribution in [0.1, 0.15) is 27.7 Å². The van der Waals surface area contributed by atoms with E-state index in [9.17, 15) is 9.59 Å². The van der Waals surface area contributed by atoms with Crippen LogP contribution in [0.2, 0.25) is 15.1 Å². The number of rotatable bonds is 5. The number of nitrogens with zero attached hydrogens (tertiary/aromatic N) is 2. The van der Waals surface area contributed by atoms with Crippen LogP contribution in [0.15, 0.2) is 72.9 Å². The second-order valence-corrected chi connectivity index (χ2v) is 9.59. The molecule has 4 aromatic rings. The summed E-state index contributed by atoms with van der Waals surface area (Å²) in [7, 11) is 0. The minimum absolute atomic E-state index is 0.173. The molecule has 0 spiro atoms. The molecular weight excluding hydrogens is 521 g/mol. The van der Waals surface area contributed by atoms with Gasteiger partial charge in [-0.3, -0.25) is 4.79 Å². The third kappa shape index (κ3) is 4.67. The fourth-order valence-corrected chi connectivity index (χ4v) is 5.03. The smallest absolute Gasteiger partial charge is 0.376 e. The van der Waals surface area contributed by atoms with Crippen molar-refractivity contribution in [2.75, 3.05) is 0 Å². The summed E-state index contributed by atoms with van der Waals surface area (Å²) in [6.45, 7) is 0. The highest BCUT2D eigenvalue weighted by atomic mass is 35.5. The number of carbonyl (C=O) groups excluding carboxylic acids is 2. The summed E-state index contributed by atoms with van der Waals surface area (Å²) in [5, 5.41) is 1.40. The Labute approximate surface area is 222 Å². The van der Waals surface area contributed by atoms with Crippen LogP contribution in [-0.2, 0) is 16.0 Å². The van der Waals surface area contributed by atoms with Crippen molar-refractivity contribution in [3.63, 3.8) is 0 Å². The summed E-state index contributed by atoms with van der Waals surface area (Å²) in [5.41, 5.74) is 9.71. The van der Waals surface area contributed by atoms with E-state index in [2.05, 4.69) is 9.97 Å². The maximum absolute atomic E-state index is 13.2. The lowest BCUT2D eigenvalue weighted by Crippen LogP contribution is -2.32. The molecular formula is C27H18Cl3N3O3. The van der Waals surface area contributed by atoms with Gasteiger partial charge in [0.15, 0.2) is 0 Å². The predicted molar refractivity (Wildman–Crippen MR) is 139 cm³/mol. The van der Waals surface area contributed by atoms with Crippen molar-refractivity contribution in [3.8, 4) is 22.4 Å². The van der Waals surface area contributed by atoms with E-state index in [4.69, 9.17) is 45.3 Å². The number of hydrogen-bond donors (Lipinski definition) is 1. The molecule has 6 nitrogen and oxygen atoms in total. The first-order valence-corrected chi connectivity index (χ1v) is 12.1. The number of halogens is 3. The molecule has 2 N–H and O–H groups in total. The number of hydrogen-bond acceptors (Lipinski definition) is 5. The minimum atomic E-state index is -0.770. The molecule has 1 amide bonds. The number of fused-ring (bicyclic) bond motifs is 1. The van der Waals surface area contributed by atoms with Crippen molar-refractivity contribution >= 4 is 46.7 Å². The lowest BCUT2D eigenvalue weighted by Gasteiger charge is -2.18. The van der Waals surface area contributed by atoms with Gasteiger partial charge in [0.1, 0.15) is 12.0 Å².